The maximum absolute atomic E-state index is 13.0. The minimum absolute atomic E-state index is 0.00213. The summed E-state index contributed by atoms with van der Waals surface area (Å²) in [6.45, 7) is 5.54. The molecule has 0 saturated carbocycles. The van der Waals surface area contributed by atoms with Gasteiger partial charge in [-0.3, -0.25) is 9.59 Å². The smallest absolute Gasteiger partial charge is 0.253 e. The maximum Gasteiger partial charge on any atom is 0.253 e. The van der Waals surface area contributed by atoms with Crippen LogP contribution in [-0.2, 0) is 11.3 Å². The second-order valence-corrected chi connectivity index (χ2v) is 8.16. The minimum Gasteiger partial charge on any atom is -0.352 e. The summed E-state index contributed by atoms with van der Waals surface area (Å²) < 4.78 is 1.68. The minimum atomic E-state index is -0.198. The molecule has 2 aromatic heterocycles. The zero-order valence-electron chi connectivity index (χ0n) is 17.9. The number of rotatable bonds is 5. The van der Waals surface area contributed by atoms with Crippen LogP contribution in [0.3, 0.4) is 0 Å². The van der Waals surface area contributed by atoms with Crippen LogP contribution in [0.5, 0.6) is 0 Å². The summed E-state index contributed by atoms with van der Waals surface area (Å²) in [5.41, 5.74) is 3.79. The van der Waals surface area contributed by atoms with Crippen LogP contribution < -0.4 is 5.32 Å². The second kappa shape index (κ2) is 9.12. The number of nitrogens with zero attached hydrogens (tertiary/aromatic N) is 4. The van der Waals surface area contributed by atoms with Crippen LogP contribution in [0.1, 0.15) is 39.9 Å². The van der Waals surface area contributed by atoms with Crippen molar-refractivity contribution in [1.29, 1.82) is 0 Å². The van der Waals surface area contributed by atoms with E-state index in [0.29, 0.717) is 31.0 Å². The van der Waals surface area contributed by atoms with Crippen LogP contribution in [-0.4, -0.2) is 44.6 Å². The first kappa shape index (κ1) is 20.8. The van der Waals surface area contributed by atoms with Crippen LogP contribution >= 0.6 is 0 Å². The summed E-state index contributed by atoms with van der Waals surface area (Å²) in [7, 11) is 0. The molecule has 3 heterocycles. The first-order valence-corrected chi connectivity index (χ1v) is 10.6. The quantitative estimate of drug-likeness (QED) is 0.692. The van der Waals surface area contributed by atoms with Crippen molar-refractivity contribution in [2.75, 3.05) is 13.1 Å². The highest BCUT2D eigenvalue weighted by Crippen LogP contribution is 2.20. The monoisotopic (exact) mass is 417 g/mol. The highest BCUT2D eigenvalue weighted by Gasteiger charge is 2.29. The molecule has 3 aromatic rings. The van der Waals surface area contributed by atoms with Crippen LogP contribution in [0.15, 0.2) is 55.0 Å². The lowest BCUT2D eigenvalue weighted by molar-refractivity contribution is -0.126. The van der Waals surface area contributed by atoms with Crippen LogP contribution in [0.25, 0.3) is 5.82 Å². The molecule has 1 aliphatic rings. The predicted molar refractivity (Wildman–Crippen MR) is 118 cm³/mol. The van der Waals surface area contributed by atoms with Gasteiger partial charge in [-0.1, -0.05) is 17.2 Å². The number of aryl methyl sites for hydroxylation is 2. The summed E-state index contributed by atoms with van der Waals surface area (Å²) in [6, 6.07) is 11.5. The zero-order chi connectivity index (χ0) is 21.8. The summed E-state index contributed by atoms with van der Waals surface area (Å²) in [5, 5.41) is 7.21. The number of hydrogen-bond acceptors (Lipinski definition) is 4. The average Bonchev–Trinajstić information content (AvgIpc) is 3.32. The van der Waals surface area contributed by atoms with E-state index < -0.39 is 0 Å². The fraction of sp³-hybridized carbons (Fsp3) is 0.333. The number of pyridine rings is 1. The molecule has 0 bridgehead atoms. The molecule has 4 rings (SSSR count). The summed E-state index contributed by atoms with van der Waals surface area (Å²) in [6.07, 6.45) is 6.85. The number of likely N-dealkylation sites (tertiary alicyclic amines) is 1. The molecule has 1 aromatic carbocycles. The standard InChI is InChI=1S/C24H27N5O2/c1-17-11-18(2)13-21(12-17)24(31)28-9-3-5-20(16-28)23(30)26-15-19-6-8-25-22(14-19)29-10-4-7-27-29/h4,6-8,10-14,20H,3,5,9,15-16H2,1-2H3,(H,26,30)/t20-/m1/s1. The molecule has 0 spiro atoms. The summed E-state index contributed by atoms with van der Waals surface area (Å²) in [4.78, 5) is 31.9. The average molecular weight is 418 g/mol. The van der Waals surface area contributed by atoms with Gasteiger partial charge >= 0.3 is 0 Å². The van der Waals surface area contributed by atoms with Crippen molar-refractivity contribution in [3.8, 4) is 5.82 Å². The molecule has 1 aliphatic heterocycles. The molecule has 2 amide bonds. The molecule has 0 aliphatic carbocycles. The Kier molecular flexibility index (Phi) is 6.11. The van der Waals surface area contributed by atoms with Gasteiger partial charge in [0, 0.05) is 43.8 Å². The molecular weight excluding hydrogens is 390 g/mol. The molecule has 7 nitrogen and oxygen atoms in total. The molecule has 160 valence electrons. The van der Waals surface area contributed by atoms with Gasteiger partial charge in [0.15, 0.2) is 5.82 Å². The molecule has 0 radical (unpaired) electrons. The van der Waals surface area contributed by atoms with Gasteiger partial charge in [-0.15, -0.1) is 0 Å². The van der Waals surface area contributed by atoms with Crippen LogP contribution in [0.4, 0.5) is 0 Å². The summed E-state index contributed by atoms with van der Waals surface area (Å²) in [5.74, 6) is 0.494. The van der Waals surface area contributed by atoms with Gasteiger partial charge in [-0.05, 0) is 62.6 Å². The van der Waals surface area contributed by atoms with Gasteiger partial charge in [0.2, 0.25) is 5.91 Å². The topological polar surface area (TPSA) is 80.1 Å². The highest BCUT2D eigenvalue weighted by molar-refractivity contribution is 5.95. The van der Waals surface area contributed by atoms with E-state index in [1.807, 2.05) is 55.3 Å². The van der Waals surface area contributed by atoms with E-state index in [9.17, 15) is 9.59 Å². The van der Waals surface area contributed by atoms with E-state index in [-0.39, 0.29) is 17.7 Å². The van der Waals surface area contributed by atoms with Crippen molar-refractivity contribution in [1.82, 2.24) is 25.0 Å². The molecule has 1 atom stereocenters. The largest absolute Gasteiger partial charge is 0.352 e. The Labute approximate surface area is 182 Å². The lowest BCUT2D eigenvalue weighted by atomic mass is 9.96. The lowest BCUT2D eigenvalue weighted by Crippen LogP contribution is -2.45. The van der Waals surface area contributed by atoms with Crippen molar-refractivity contribution in [2.24, 2.45) is 5.92 Å². The molecule has 1 saturated heterocycles. The maximum atomic E-state index is 13.0. The van der Waals surface area contributed by atoms with Gasteiger partial charge < -0.3 is 10.2 Å². The van der Waals surface area contributed by atoms with Crippen molar-refractivity contribution in [3.05, 3.63) is 77.2 Å². The lowest BCUT2D eigenvalue weighted by Gasteiger charge is -2.32. The molecule has 1 N–H and O–H groups in total. The first-order valence-electron chi connectivity index (χ1n) is 10.6. The summed E-state index contributed by atoms with van der Waals surface area (Å²) >= 11 is 0. The van der Waals surface area contributed by atoms with E-state index in [1.54, 1.807) is 17.1 Å². The van der Waals surface area contributed by atoms with E-state index in [0.717, 1.165) is 29.5 Å². The van der Waals surface area contributed by atoms with Crippen LogP contribution in [0.2, 0.25) is 0 Å². The Hall–Kier alpha value is -3.48. The number of carbonyl (C=O) groups is 2. The number of hydrogen-bond donors (Lipinski definition) is 1. The molecular formula is C24H27N5O2. The molecule has 1 fully saturated rings. The Morgan fingerprint density at radius 3 is 2.68 bits per heavy atom. The predicted octanol–water partition coefficient (Wildman–Crippen LogP) is 3.05. The number of nitrogens with one attached hydrogen (secondary N) is 1. The number of carbonyl (C=O) groups excluding carboxylic acids is 2. The third kappa shape index (κ3) is 4.99. The number of piperidine rings is 1. The van der Waals surface area contributed by atoms with E-state index in [2.05, 4.69) is 21.5 Å². The van der Waals surface area contributed by atoms with Gasteiger partial charge in [0.1, 0.15) is 0 Å². The second-order valence-electron chi connectivity index (χ2n) is 8.16. The Morgan fingerprint density at radius 2 is 1.94 bits per heavy atom. The highest BCUT2D eigenvalue weighted by atomic mass is 16.2. The van der Waals surface area contributed by atoms with E-state index >= 15 is 0 Å². The van der Waals surface area contributed by atoms with Crippen molar-refractivity contribution < 1.29 is 9.59 Å². The van der Waals surface area contributed by atoms with Crippen LogP contribution in [0, 0.1) is 19.8 Å². The number of amides is 2. The molecule has 7 heteroatoms. The van der Waals surface area contributed by atoms with Gasteiger partial charge in [0.25, 0.3) is 5.91 Å². The fourth-order valence-corrected chi connectivity index (χ4v) is 4.09. The Balaban J connectivity index is 1.37. The Bertz CT molecular complexity index is 1060. The number of aromatic nitrogens is 3. The van der Waals surface area contributed by atoms with Gasteiger partial charge in [-0.25, -0.2) is 9.67 Å². The zero-order valence-corrected chi connectivity index (χ0v) is 17.9. The van der Waals surface area contributed by atoms with Gasteiger partial charge in [0.05, 0.1) is 5.92 Å². The molecule has 31 heavy (non-hydrogen) atoms. The van der Waals surface area contributed by atoms with E-state index in [4.69, 9.17) is 0 Å². The Morgan fingerprint density at radius 1 is 1.13 bits per heavy atom. The van der Waals surface area contributed by atoms with Crippen molar-refractivity contribution >= 4 is 11.8 Å². The SMILES string of the molecule is Cc1cc(C)cc(C(=O)N2CCC[C@@H](C(=O)NCc3ccnc(-n4cccn4)c3)C2)c1. The van der Waals surface area contributed by atoms with Crippen molar-refractivity contribution in [2.45, 2.75) is 33.2 Å². The number of benzene rings is 1. The van der Waals surface area contributed by atoms with Crippen molar-refractivity contribution in [3.63, 3.8) is 0 Å². The van der Waals surface area contributed by atoms with Gasteiger partial charge in [-0.2, -0.15) is 5.10 Å². The fourth-order valence-electron chi connectivity index (χ4n) is 4.09. The third-order valence-corrected chi connectivity index (χ3v) is 5.56. The van der Waals surface area contributed by atoms with E-state index in [1.165, 1.54) is 0 Å². The first-order chi connectivity index (χ1) is 15.0. The normalized spacial score (nSPS) is 16.2. The molecule has 0 unspecified atom stereocenters. The third-order valence-electron chi connectivity index (χ3n) is 5.56.